The fourth-order valence-corrected chi connectivity index (χ4v) is 3.76. The Hall–Kier alpha value is -2.60. The van der Waals surface area contributed by atoms with Gasteiger partial charge < -0.3 is 10.2 Å². The number of likely N-dealkylation sites (N-methyl/N-ethyl adjacent to an activating group) is 1. The van der Waals surface area contributed by atoms with E-state index in [0.717, 1.165) is 11.3 Å². The van der Waals surface area contributed by atoms with Gasteiger partial charge in [-0.3, -0.25) is 9.59 Å². The number of carbonyl (C=O) groups is 2. The van der Waals surface area contributed by atoms with Crippen molar-refractivity contribution in [3.05, 3.63) is 64.3 Å². The summed E-state index contributed by atoms with van der Waals surface area (Å²) in [5, 5.41) is 2.92. The van der Waals surface area contributed by atoms with Crippen LogP contribution in [0.25, 0.3) is 6.08 Å². The lowest BCUT2D eigenvalue weighted by molar-refractivity contribution is -0.114. The van der Waals surface area contributed by atoms with Crippen molar-refractivity contribution in [3.8, 4) is 0 Å². The zero-order valence-corrected chi connectivity index (χ0v) is 16.3. The van der Waals surface area contributed by atoms with E-state index in [-0.39, 0.29) is 23.7 Å². The van der Waals surface area contributed by atoms with Gasteiger partial charge in [-0.1, -0.05) is 36.9 Å². The Balaban J connectivity index is 1.91. The van der Waals surface area contributed by atoms with Crippen molar-refractivity contribution in [1.29, 1.82) is 0 Å². The van der Waals surface area contributed by atoms with Gasteiger partial charge in [-0.05, 0) is 43.7 Å². The molecule has 0 bridgehead atoms. The van der Waals surface area contributed by atoms with Crippen LogP contribution in [0, 0.1) is 5.82 Å². The Morgan fingerprint density at radius 2 is 2.04 bits per heavy atom. The lowest BCUT2D eigenvalue weighted by Gasteiger charge is -2.27. The Morgan fingerprint density at radius 3 is 2.74 bits per heavy atom. The van der Waals surface area contributed by atoms with Gasteiger partial charge in [-0.15, -0.1) is 0 Å². The highest BCUT2D eigenvalue weighted by Gasteiger charge is 2.27. The van der Waals surface area contributed by atoms with Crippen molar-refractivity contribution < 1.29 is 14.0 Å². The van der Waals surface area contributed by atoms with E-state index in [1.165, 1.54) is 22.7 Å². The maximum absolute atomic E-state index is 13.9. The smallest absolute Gasteiger partial charge is 0.264 e. The first-order chi connectivity index (χ1) is 12.9. The maximum Gasteiger partial charge on any atom is 0.264 e. The molecule has 0 spiro atoms. The van der Waals surface area contributed by atoms with Gasteiger partial charge in [0.2, 0.25) is 0 Å². The molecule has 1 aliphatic rings. The summed E-state index contributed by atoms with van der Waals surface area (Å²) in [7, 11) is 1.66. The average molecular weight is 384 g/mol. The summed E-state index contributed by atoms with van der Waals surface area (Å²) in [4.78, 5) is 27.9. The van der Waals surface area contributed by atoms with Gasteiger partial charge in [0.1, 0.15) is 5.82 Å². The molecule has 0 saturated carbocycles. The molecule has 1 N–H and O–H groups in total. The summed E-state index contributed by atoms with van der Waals surface area (Å²) in [6.07, 6.45) is 2.40. The van der Waals surface area contributed by atoms with Crippen molar-refractivity contribution in [2.45, 2.75) is 31.2 Å². The summed E-state index contributed by atoms with van der Waals surface area (Å²) in [6.45, 7) is 3.95. The van der Waals surface area contributed by atoms with Crippen LogP contribution in [0.2, 0.25) is 0 Å². The number of rotatable bonds is 4. The van der Waals surface area contributed by atoms with Crippen molar-refractivity contribution in [1.82, 2.24) is 5.32 Å². The molecular formula is C21H21FN2O2S. The second-order valence-corrected chi connectivity index (χ2v) is 7.55. The van der Waals surface area contributed by atoms with Gasteiger partial charge in [0.25, 0.3) is 11.8 Å². The highest BCUT2D eigenvalue weighted by atomic mass is 32.2. The number of hydrogen-bond acceptors (Lipinski definition) is 3. The van der Waals surface area contributed by atoms with Crippen LogP contribution in [0.15, 0.2) is 52.3 Å². The molecule has 0 fully saturated rings. The number of halogens is 1. The molecule has 0 saturated heterocycles. The Labute approximate surface area is 162 Å². The summed E-state index contributed by atoms with van der Waals surface area (Å²) in [5.74, 6) is -0.759. The zero-order chi connectivity index (χ0) is 19.6. The number of thioether (sulfide) groups is 1. The molecule has 27 heavy (non-hydrogen) atoms. The standard InChI is InChI=1S/C21H21FN2O2S/c1-4-13(2)23-20(25)15-9-10-18-17(11-15)24(3)21(26)19(27-18)12-14-7-5-6-8-16(14)22/h5-13H,4H2,1-3H3,(H,23,25)/b19-12-. The van der Waals surface area contributed by atoms with Crippen molar-refractivity contribution in [3.63, 3.8) is 0 Å². The summed E-state index contributed by atoms with van der Waals surface area (Å²) in [6, 6.07) is 11.7. The van der Waals surface area contributed by atoms with Crippen LogP contribution in [0.3, 0.4) is 0 Å². The minimum Gasteiger partial charge on any atom is -0.350 e. The normalized spacial score (nSPS) is 16.2. The molecule has 1 heterocycles. The minimum atomic E-state index is -0.371. The number of nitrogens with zero attached hydrogens (tertiary/aromatic N) is 1. The monoisotopic (exact) mass is 384 g/mol. The number of carbonyl (C=O) groups excluding carboxylic acids is 2. The van der Waals surface area contributed by atoms with Crippen LogP contribution in [-0.4, -0.2) is 24.9 Å². The van der Waals surface area contributed by atoms with E-state index in [1.807, 2.05) is 19.9 Å². The fourth-order valence-electron chi connectivity index (χ4n) is 2.68. The van der Waals surface area contributed by atoms with Crippen molar-refractivity contribution in [2.24, 2.45) is 0 Å². The molecule has 0 aliphatic carbocycles. The van der Waals surface area contributed by atoms with E-state index in [2.05, 4.69) is 5.32 Å². The third-order valence-electron chi connectivity index (χ3n) is 4.50. The SMILES string of the molecule is CCC(C)NC(=O)c1ccc2c(c1)N(C)C(=O)/C(=C/c1ccccc1F)S2. The number of hydrogen-bond donors (Lipinski definition) is 1. The number of benzene rings is 2. The first-order valence-corrected chi connectivity index (χ1v) is 9.59. The zero-order valence-electron chi connectivity index (χ0n) is 15.5. The van der Waals surface area contributed by atoms with Gasteiger partial charge >= 0.3 is 0 Å². The second kappa shape index (κ2) is 7.96. The summed E-state index contributed by atoms with van der Waals surface area (Å²) >= 11 is 1.28. The summed E-state index contributed by atoms with van der Waals surface area (Å²) < 4.78 is 13.9. The van der Waals surface area contributed by atoms with Gasteiger partial charge in [0.05, 0.1) is 10.6 Å². The number of anilines is 1. The fraction of sp³-hybridized carbons (Fsp3) is 0.238. The lowest BCUT2D eigenvalue weighted by atomic mass is 10.1. The molecule has 1 unspecified atom stereocenters. The third kappa shape index (κ3) is 4.06. The molecule has 2 aromatic carbocycles. The summed E-state index contributed by atoms with van der Waals surface area (Å²) in [5.41, 5.74) is 1.55. The van der Waals surface area contributed by atoms with Gasteiger partial charge in [-0.25, -0.2) is 4.39 Å². The van der Waals surface area contributed by atoms with Crippen molar-refractivity contribution in [2.75, 3.05) is 11.9 Å². The van der Waals surface area contributed by atoms with Gasteiger partial charge in [0.15, 0.2) is 0 Å². The Morgan fingerprint density at radius 1 is 1.30 bits per heavy atom. The van der Waals surface area contributed by atoms with E-state index in [1.54, 1.807) is 43.5 Å². The van der Waals surface area contributed by atoms with Crippen LogP contribution in [-0.2, 0) is 4.79 Å². The minimum absolute atomic E-state index is 0.0811. The first-order valence-electron chi connectivity index (χ1n) is 8.77. The molecule has 1 aliphatic heterocycles. The molecule has 4 nitrogen and oxygen atoms in total. The largest absolute Gasteiger partial charge is 0.350 e. The van der Waals surface area contributed by atoms with E-state index in [0.29, 0.717) is 21.7 Å². The van der Waals surface area contributed by atoms with Crippen LogP contribution in [0.5, 0.6) is 0 Å². The van der Waals surface area contributed by atoms with Gasteiger partial charge in [0, 0.05) is 29.1 Å². The van der Waals surface area contributed by atoms with Crippen LogP contribution < -0.4 is 10.2 Å². The number of fused-ring (bicyclic) bond motifs is 1. The molecule has 6 heteroatoms. The number of amides is 2. The predicted molar refractivity (Wildman–Crippen MR) is 107 cm³/mol. The quantitative estimate of drug-likeness (QED) is 0.792. The van der Waals surface area contributed by atoms with Crippen LogP contribution >= 0.6 is 11.8 Å². The van der Waals surface area contributed by atoms with Crippen molar-refractivity contribution >= 4 is 35.3 Å². The third-order valence-corrected chi connectivity index (χ3v) is 5.58. The highest BCUT2D eigenvalue weighted by molar-refractivity contribution is 8.04. The predicted octanol–water partition coefficient (Wildman–Crippen LogP) is 4.46. The Kier molecular flexibility index (Phi) is 5.65. The lowest BCUT2D eigenvalue weighted by Crippen LogP contribution is -2.33. The molecule has 2 aromatic rings. The van der Waals surface area contributed by atoms with E-state index in [4.69, 9.17) is 0 Å². The number of nitrogens with one attached hydrogen (secondary N) is 1. The van der Waals surface area contributed by atoms with E-state index < -0.39 is 0 Å². The molecule has 0 radical (unpaired) electrons. The Bertz CT molecular complexity index is 926. The van der Waals surface area contributed by atoms with Crippen LogP contribution in [0.4, 0.5) is 10.1 Å². The molecule has 3 rings (SSSR count). The maximum atomic E-state index is 13.9. The van der Waals surface area contributed by atoms with Gasteiger partial charge in [-0.2, -0.15) is 0 Å². The van der Waals surface area contributed by atoms with E-state index >= 15 is 0 Å². The molecule has 0 aromatic heterocycles. The molecular weight excluding hydrogens is 363 g/mol. The highest BCUT2D eigenvalue weighted by Crippen LogP contribution is 2.42. The average Bonchev–Trinajstić information content (AvgIpc) is 2.67. The topological polar surface area (TPSA) is 49.4 Å². The molecule has 140 valence electrons. The second-order valence-electron chi connectivity index (χ2n) is 6.46. The molecule has 2 amide bonds. The molecule has 1 atom stereocenters. The first kappa shape index (κ1) is 19.2. The van der Waals surface area contributed by atoms with E-state index in [9.17, 15) is 14.0 Å². The van der Waals surface area contributed by atoms with Crippen LogP contribution in [0.1, 0.15) is 36.2 Å².